The van der Waals surface area contributed by atoms with Gasteiger partial charge in [0.25, 0.3) is 11.5 Å². The molecule has 5 heteroatoms. The van der Waals surface area contributed by atoms with Gasteiger partial charge < -0.3 is 15.2 Å². The molecule has 3 rings (SSSR count). The Hall–Kier alpha value is -3.18. The van der Waals surface area contributed by atoms with Crippen LogP contribution in [0.25, 0.3) is 11.1 Å². The molecule has 0 atom stereocenters. The molecule has 0 spiro atoms. The Bertz CT molecular complexity index is 1110. The molecule has 0 aliphatic rings. The van der Waals surface area contributed by atoms with Gasteiger partial charge in [0.15, 0.2) is 0 Å². The Morgan fingerprint density at radius 2 is 1.77 bits per heavy atom. The van der Waals surface area contributed by atoms with Gasteiger partial charge >= 0.3 is 0 Å². The number of nitrogens with one attached hydrogen (secondary N) is 2. The highest BCUT2D eigenvalue weighted by molar-refractivity contribution is 5.96. The van der Waals surface area contributed by atoms with Crippen molar-refractivity contribution in [3.8, 4) is 11.1 Å². The smallest absolute Gasteiger partial charge is 0.253 e. The minimum atomic E-state index is -0.214. The molecule has 1 aromatic heterocycles. The number of amides is 1. The Morgan fingerprint density at radius 1 is 1.07 bits per heavy atom. The van der Waals surface area contributed by atoms with E-state index in [1.807, 2.05) is 53.1 Å². The second-order valence-electron chi connectivity index (χ2n) is 7.99. The maximum absolute atomic E-state index is 12.8. The van der Waals surface area contributed by atoms with Crippen molar-refractivity contribution in [2.75, 3.05) is 14.1 Å². The van der Waals surface area contributed by atoms with Gasteiger partial charge in [-0.25, -0.2) is 0 Å². The lowest BCUT2D eigenvalue weighted by atomic mass is 9.98. The molecule has 155 valence electrons. The fourth-order valence-corrected chi connectivity index (χ4v) is 3.50. The van der Waals surface area contributed by atoms with Crippen molar-refractivity contribution in [3.63, 3.8) is 0 Å². The Morgan fingerprint density at radius 3 is 2.40 bits per heavy atom. The maximum Gasteiger partial charge on any atom is 0.253 e. The number of benzene rings is 2. The fourth-order valence-electron chi connectivity index (χ4n) is 3.50. The summed E-state index contributed by atoms with van der Waals surface area (Å²) in [6.45, 7) is 6.65. The van der Waals surface area contributed by atoms with Crippen LogP contribution >= 0.6 is 0 Å². The quantitative estimate of drug-likeness (QED) is 0.660. The molecule has 2 aromatic carbocycles. The summed E-state index contributed by atoms with van der Waals surface area (Å²) >= 11 is 0. The number of pyridine rings is 1. The first-order valence-corrected chi connectivity index (χ1v) is 9.98. The highest BCUT2D eigenvalue weighted by atomic mass is 16.1. The molecule has 0 saturated carbocycles. The van der Waals surface area contributed by atoms with E-state index in [0.29, 0.717) is 11.1 Å². The van der Waals surface area contributed by atoms with Crippen LogP contribution in [0.5, 0.6) is 0 Å². The Labute approximate surface area is 177 Å². The van der Waals surface area contributed by atoms with E-state index in [-0.39, 0.29) is 18.0 Å². The van der Waals surface area contributed by atoms with Crippen molar-refractivity contribution in [1.29, 1.82) is 0 Å². The fraction of sp³-hybridized carbons (Fsp3) is 0.280. The van der Waals surface area contributed by atoms with Crippen LogP contribution in [0.2, 0.25) is 0 Å². The van der Waals surface area contributed by atoms with E-state index in [2.05, 4.69) is 45.5 Å². The monoisotopic (exact) mass is 402 g/mol. The number of H-pyrrole nitrogens is 1. The van der Waals surface area contributed by atoms with Gasteiger partial charge in [-0.05, 0) is 86.9 Å². The summed E-state index contributed by atoms with van der Waals surface area (Å²) in [5.74, 6) is -0.214. The molecule has 2 N–H and O–H groups in total. The number of aryl methyl sites for hydroxylation is 3. The highest BCUT2D eigenvalue weighted by Crippen LogP contribution is 2.23. The number of carbonyl (C=O) groups excluding carboxylic acids is 1. The van der Waals surface area contributed by atoms with Crippen molar-refractivity contribution < 1.29 is 4.79 Å². The van der Waals surface area contributed by atoms with Crippen LogP contribution in [0.15, 0.2) is 47.3 Å². The minimum Gasteiger partial charge on any atom is -0.348 e. The molecular formula is C25H28N3O2. The van der Waals surface area contributed by atoms with Crippen LogP contribution in [-0.4, -0.2) is 29.9 Å². The summed E-state index contributed by atoms with van der Waals surface area (Å²) in [6, 6.07) is 17.2. The van der Waals surface area contributed by atoms with E-state index in [1.165, 1.54) is 5.56 Å². The Kier molecular flexibility index (Phi) is 6.53. The van der Waals surface area contributed by atoms with E-state index < -0.39 is 0 Å². The summed E-state index contributed by atoms with van der Waals surface area (Å²) in [5.41, 5.74) is 6.62. The summed E-state index contributed by atoms with van der Waals surface area (Å²) in [5, 5.41) is 2.88. The zero-order valence-corrected chi connectivity index (χ0v) is 18.2. The topological polar surface area (TPSA) is 65.2 Å². The van der Waals surface area contributed by atoms with Crippen LogP contribution in [0, 0.1) is 26.8 Å². The standard InChI is InChI=1S/C25H28N3O2/c1-16-6-9-21(20-10-7-19(8-11-20)15-28(4)5)13-22(16)24(29)26-14-23-17(2)12-18(3)27-25(23)30/h7-13H,14-15H2,1-5H3,(H,26,29)(H,27,30). The lowest BCUT2D eigenvalue weighted by Crippen LogP contribution is -2.28. The molecule has 0 unspecified atom stereocenters. The van der Waals surface area contributed by atoms with Gasteiger partial charge in [0.1, 0.15) is 0 Å². The molecule has 0 aliphatic carbocycles. The molecule has 5 nitrogen and oxygen atoms in total. The van der Waals surface area contributed by atoms with E-state index in [1.54, 1.807) is 0 Å². The number of aromatic nitrogens is 1. The molecule has 0 fully saturated rings. The third kappa shape index (κ3) is 5.05. The van der Waals surface area contributed by atoms with Crippen molar-refractivity contribution in [3.05, 3.63) is 92.4 Å². The maximum atomic E-state index is 12.8. The van der Waals surface area contributed by atoms with Crippen molar-refractivity contribution >= 4 is 5.91 Å². The van der Waals surface area contributed by atoms with Gasteiger partial charge in [-0.3, -0.25) is 9.59 Å². The number of hydrogen-bond acceptors (Lipinski definition) is 3. The van der Waals surface area contributed by atoms with Crippen molar-refractivity contribution in [2.24, 2.45) is 0 Å². The third-order valence-corrected chi connectivity index (χ3v) is 5.10. The number of nitrogens with zero attached hydrogens (tertiary/aromatic N) is 1. The van der Waals surface area contributed by atoms with Crippen LogP contribution < -0.4 is 10.9 Å². The number of hydrogen-bond donors (Lipinski definition) is 2. The number of rotatable bonds is 6. The molecule has 0 aliphatic heterocycles. The summed E-state index contributed by atoms with van der Waals surface area (Å²) < 4.78 is 0. The molecule has 1 heterocycles. The van der Waals surface area contributed by atoms with E-state index in [0.717, 1.165) is 34.5 Å². The summed E-state index contributed by atoms with van der Waals surface area (Å²) in [6.07, 6.45) is 0. The van der Waals surface area contributed by atoms with Gasteiger partial charge in [0.05, 0.1) is 0 Å². The average Bonchev–Trinajstić information content (AvgIpc) is 2.67. The van der Waals surface area contributed by atoms with Crippen LogP contribution in [0.3, 0.4) is 0 Å². The molecule has 1 radical (unpaired) electrons. The van der Waals surface area contributed by atoms with Crippen molar-refractivity contribution in [2.45, 2.75) is 33.9 Å². The van der Waals surface area contributed by atoms with Gasteiger partial charge in [0.2, 0.25) is 0 Å². The molecule has 30 heavy (non-hydrogen) atoms. The molecule has 3 aromatic rings. The SMILES string of the molecule is Cc1cc(C)c(CNC(=O)c2cc(-c3ccc(CN(C)C)cc3)c[c]c2C)c(=O)[nH]1. The average molecular weight is 403 g/mol. The van der Waals surface area contributed by atoms with Gasteiger partial charge in [0, 0.05) is 29.9 Å². The second kappa shape index (κ2) is 9.09. The predicted molar refractivity (Wildman–Crippen MR) is 121 cm³/mol. The zero-order valence-electron chi connectivity index (χ0n) is 18.2. The van der Waals surface area contributed by atoms with Gasteiger partial charge in [-0.1, -0.05) is 24.3 Å². The normalized spacial score (nSPS) is 11.0. The highest BCUT2D eigenvalue weighted by Gasteiger charge is 2.13. The van der Waals surface area contributed by atoms with Crippen molar-refractivity contribution in [1.82, 2.24) is 15.2 Å². The van der Waals surface area contributed by atoms with E-state index in [4.69, 9.17) is 0 Å². The summed E-state index contributed by atoms with van der Waals surface area (Å²) in [4.78, 5) is 29.9. The minimum absolute atomic E-state index is 0.164. The van der Waals surface area contributed by atoms with Crippen LogP contribution in [-0.2, 0) is 13.1 Å². The Balaban J connectivity index is 1.79. The third-order valence-electron chi connectivity index (χ3n) is 5.10. The molecule has 1 amide bonds. The molecular weight excluding hydrogens is 374 g/mol. The molecule has 0 saturated heterocycles. The van der Waals surface area contributed by atoms with Crippen LogP contribution in [0.4, 0.5) is 0 Å². The van der Waals surface area contributed by atoms with E-state index in [9.17, 15) is 9.59 Å². The number of carbonyl (C=O) groups is 1. The predicted octanol–water partition coefficient (Wildman–Crippen LogP) is 3.76. The zero-order chi connectivity index (χ0) is 21.8. The largest absolute Gasteiger partial charge is 0.348 e. The number of aromatic amines is 1. The van der Waals surface area contributed by atoms with Gasteiger partial charge in [-0.2, -0.15) is 0 Å². The van der Waals surface area contributed by atoms with Crippen LogP contribution in [0.1, 0.15) is 38.3 Å². The first-order valence-electron chi connectivity index (χ1n) is 9.98. The van der Waals surface area contributed by atoms with Gasteiger partial charge in [-0.15, -0.1) is 0 Å². The first-order chi connectivity index (χ1) is 14.2. The first kappa shape index (κ1) is 21.5. The molecule has 0 bridgehead atoms. The second-order valence-corrected chi connectivity index (χ2v) is 7.99. The lowest BCUT2D eigenvalue weighted by molar-refractivity contribution is 0.0950. The van der Waals surface area contributed by atoms with E-state index >= 15 is 0 Å². The summed E-state index contributed by atoms with van der Waals surface area (Å²) in [7, 11) is 4.08. The lowest BCUT2D eigenvalue weighted by Gasteiger charge is -2.12.